The lowest BCUT2D eigenvalue weighted by molar-refractivity contribution is 0.170. The molecule has 2 N–H and O–H groups in total. The lowest BCUT2D eigenvalue weighted by atomic mass is 9.84. The molecule has 88 valence electrons. The van der Waals surface area contributed by atoms with E-state index in [0.29, 0.717) is 6.04 Å². The zero-order valence-electron chi connectivity index (χ0n) is 10.1. The van der Waals surface area contributed by atoms with E-state index in [-0.39, 0.29) is 0 Å². The molecule has 0 amide bonds. The van der Waals surface area contributed by atoms with Crippen LogP contribution in [-0.2, 0) is 0 Å². The number of rotatable bonds is 3. The summed E-state index contributed by atoms with van der Waals surface area (Å²) < 4.78 is 0. The van der Waals surface area contributed by atoms with Crippen molar-refractivity contribution in [3.63, 3.8) is 0 Å². The summed E-state index contributed by atoms with van der Waals surface area (Å²) >= 11 is 0. The predicted molar refractivity (Wildman–Crippen MR) is 64.8 cm³/mol. The lowest BCUT2D eigenvalue weighted by Crippen LogP contribution is -2.42. The number of hydrogen-bond donors (Lipinski definition) is 1. The molecule has 2 rings (SSSR count). The van der Waals surface area contributed by atoms with Gasteiger partial charge in [-0.15, -0.1) is 0 Å². The van der Waals surface area contributed by atoms with Crippen molar-refractivity contribution in [1.82, 2.24) is 4.90 Å². The molecule has 2 heteroatoms. The van der Waals surface area contributed by atoms with Crippen LogP contribution in [0, 0.1) is 5.92 Å². The predicted octanol–water partition coefficient (Wildman–Crippen LogP) is 2.38. The molecule has 0 aromatic rings. The third-order valence-electron chi connectivity index (χ3n) is 4.41. The first-order valence-corrected chi connectivity index (χ1v) is 6.81. The fourth-order valence-electron chi connectivity index (χ4n) is 3.36. The van der Waals surface area contributed by atoms with Crippen LogP contribution in [0.2, 0.25) is 0 Å². The Morgan fingerprint density at radius 1 is 1.13 bits per heavy atom. The van der Waals surface area contributed by atoms with Gasteiger partial charge in [0.2, 0.25) is 0 Å². The van der Waals surface area contributed by atoms with Crippen molar-refractivity contribution in [2.45, 2.75) is 64.0 Å². The average molecular weight is 210 g/mol. The standard InChI is InChI=1S/C13H26N2/c1-2-12-7-5-9-15(12)10-11-6-3-4-8-13(11)14/h11-13H,2-10,14H2,1H3. The summed E-state index contributed by atoms with van der Waals surface area (Å²) in [5.41, 5.74) is 6.22. The van der Waals surface area contributed by atoms with Crippen LogP contribution in [0.3, 0.4) is 0 Å². The molecule has 2 fully saturated rings. The summed E-state index contributed by atoms with van der Waals surface area (Å²) in [5.74, 6) is 0.783. The molecule has 1 saturated carbocycles. The lowest BCUT2D eigenvalue weighted by Gasteiger charge is -2.34. The van der Waals surface area contributed by atoms with Gasteiger partial charge in [-0.3, -0.25) is 0 Å². The summed E-state index contributed by atoms with van der Waals surface area (Å²) in [6, 6.07) is 1.34. The molecule has 3 unspecified atom stereocenters. The molecular formula is C13H26N2. The van der Waals surface area contributed by atoms with Gasteiger partial charge in [-0.05, 0) is 44.6 Å². The molecule has 1 aliphatic heterocycles. The second-order valence-corrected chi connectivity index (χ2v) is 5.41. The molecule has 0 aromatic heterocycles. The van der Waals surface area contributed by atoms with Crippen LogP contribution in [0.15, 0.2) is 0 Å². The Kier molecular flexibility index (Phi) is 4.04. The van der Waals surface area contributed by atoms with Crippen molar-refractivity contribution in [3.05, 3.63) is 0 Å². The third-order valence-corrected chi connectivity index (χ3v) is 4.41. The number of likely N-dealkylation sites (tertiary alicyclic amines) is 1. The molecule has 3 atom stereocenters. The number of nitrogens with zero attached hydrogens (tertiary/aromatic N) is 1. The highest BCUT2D eigenvalue weighted by Gasteiger charge is 2.29. The first-order chi connectivity index (χ1) is 7.31. The zero-order chi connectivity index (χ0) is 10.7. The fourth-order valence-corrected chi connectivity index (χ4v) is 3.36. The molecular weight excluding hydrogens is 184 g/mol. The van der Waals surface area contributed by atoms with Crippen molar-refractivity contribution in [2.24, 2.45) is 11.7 Å². The van der Waals surface area contributed by atoms with E-state index in [2.05, 4.69) is 11.8 Å². The van der Waals surface area contributed by atoms with Crippen LogP contribution in [0.5, 0.6) is 0 Å². The van der Waals surface area contributed by atoms with Crippen LogP contribution >= 0.6 is 0 Å². The van der Waals surface area contributed by atoms with Crippen molar-refractivity contribution >= 4 is 0 Å². The first kappa shape index (κ1) is 11.4. The van der Waals surface area contributed by atoms with Crippen LogP contribution in [-0.4, -0.2) is 30.1 Å². The molecule has 0 radical (unpaired) electrons. The van der Waals surface area contributed by atoms with Gasteiger partial charge in [0.05, 0.1) is 0 Å². The van der Waals surface area contributed by atoms with Gasteiger partial charge in [0.1, 0.15) is 0 Å². The van der Waals surface area contributed by atoms with Crippen molar-refractivity contribution in [2.75, 3.05) is 13.1 Å². The fraction of sp³-hybridized carbons (Fsp3) is 1.00. The average Bonchev–Trinajstić information content (AvgIpc) is 2.69. The van der Waals surface area contributed by atoms with Gasteiger partial charge in [0.15, 0.2) is 0 Å². The normalized spacial score (nSPS) is 38.4. The smallest absolute Gasteiger partial charge is 0.00932 e. The van der Waals surface area contributed by atoms with Crippen molar-refractivity contribution in [3.8, 4) is 0 Å². The number of nitrogens with two attached hydrogens (primary N) is 1. The monoisotopic (exact) mass is 210 g/mol. The highest BCUT2D eigenvalue weighted by molar-refractivity contribution is 4.85. The van der Waals surface area contributed by atoms with E-state index in [0.717, 1.165) is 12.0 Å². The van der Waals surface area contributed by atoms with Gasteiger partial charge in [0, 0.05) is 18.6 Å². The van der Waals surface area contributed by atoms with Crippen LogP contribution in [0.4, 0.5) is 0 Å². The summed E-state index contributed by atoms with van der Waals surface area (Å²) in [6.07, 6.45) is 9.53. The Bertz CT molecular complexity index is 193. The Hall–Kier alpha value is -0.0800. The van der Waals surface area contributed by atoms with Crippen LogP contribution in [0.25, 0.3) is 0 Å². The largest absolute Gasteiger partial charge is 0.327 e. The minimum absolute atomic E-state index is 0.483. The summed E-state index contributed by atoms with van der Waals surface area (Å²) in [5, 5.41) is 0. The molecule has 1 saturated heterocycles. The SMILES string of the molecule is CCC1CCCN1CC1CCCCC1N. The zero-order valence-corrected chi connectivity index (χ0v) is 10.1. The highest BCUT2D eigenvalue weighted by Crippen LogP contribution is 2.27. The van der Waals surface area contributed by atoms with Crippen LogP contribution in [0.1, 0.15) is 51.9 Å². The van der Waals surface area contributed by atoms with E-state index < -0.39 is 0 Å². The summed E-state index contributed by atoms with van der Waals surface area (Å²) in [7, 11) is 0. The molecule has 0 aromatic carbocycles. The highest BCUT2D eigenvalue weighted by atomic mass is 15.2. The summed E-state index contributed by atoms with van der Waals surface area (Å²) in [4.78, 5) is 2.70. The van der Waals surface area contributed by atoms with Gasteiger partial charge in [-0.2, -0.15) is 0 Å². The Morgan fingerprint density at radius 2 is 1.93 bits per heavy atom. The Morgan fingerprint density at radius 3 is 2.67 bits per heavy atom. The Labute approximate surface area is 94.2 Å². The maximum atomic E-state index is 6.22. The van der Waals surface area contributed by atoms with Gasteiger partial charge in [-0.25, -0.2) is 0 Å². The molecule has 1 heterocycles. The van der Waals surface area contributed by atoms with Crippen LogP contribution < -0.4 is 5.73 Å². The second-order valence-electron chi connectivity index (χ2n) is 5.41. The van der Waals surface area contributed by atoms with Crippen molar-refractivity contribution < 1.29 is 0 Å². The first-order valence-electron chi connectivity index (χ1n) is 6.81. The van der Waals surface area contributed by atoms with E-state index in [9.17, 15) is 0 Å². The third kappa shape index (κ3) is 2.73. The van der Waals surface area contributed by atoms with E-state index in [1.807, 2.05) is 0 Å². The topological polar surface area (TPSA) is 29.3 Å². The molecule has 1 aliphatic carbocycles. The summed E-state index contributed by atoms with van der Waals surface area (Å²) in [6.45, 7) is 4.92. The molecule has 0 spiro atoms. The second kappa shape index (κ2) is 5.31. The minimum atomic E-state index is 0.483. The van der Waals surface area contributed by atoms with Gasteiger partial charge in [0.25, 0.3) is 0 Å². The molecule has 15 heavy (non-hydrogen) atoms. The van der Waals surface area contributed by atoms with E-state index in [4.69, 9.17) is 5.73 Å². The number of hydrogen-bond acceptors (Lipinski definition) is 2. The Balaban J connectivity index is 1.84. The quantitative estimate of drug-likeness (QED) is 0.775. The van der Waals surface area contributed by atoms with Gasteiger partial charge < -0.3 is 10.6 Å². The van der Waals surface area contributed by atoms with E-state index >= 15 is 0 Å². The minimum Gasteiger partial charge on any atom is -0.327 e. The van der Waals surface area contributed by atoms with Gasteiger partial charge >= 0.3 is 0 Å². The van der Waals surface area contributed by atoms with Crippen molar-refractivity contribution in [1.29, 1.82) is 0 Å². The van der Waals surface area contributed by atoms with E-state index in [1.165, 1.54) is 58.0 Å². The maximum absolute atomic E-state index is 6.22. The molecule has 2 nitrogen and oxygen atoms in total. The molecule has 0 bridgehead atoms. The van der Waals surface area contributed by atoms with Gasteiger partial charge in [-0.1, -0.05) is 19.8 Å². The van der Waals surface area contributed by atoms with E-state index in [1.54, 1.807) is 0 Å². The maximum Gasteiger partial charge on any atom is 0.00932 e. The molecule has 2 aliphatic rings.